The predicted molar refractivity (Wildman–Crippen MR) is 96.6 cm³/mol. The maximum Gasteiger partial charge on any atom is 0.319 e. The molecule has 0 aliphatic heterocycles. The number of anilines is 2. The maximum absolute atomic E-state index is 12.1. The summed E-state index contributed by atoms with van der Waals surface area (Å²) in [4.78, 5) is 25.0. The number of carbonyl (C=O) groups is 2. The Bertz CT molecular complexity index is 716. The first-order chi connectivity index (χ1) is 12.0. The zero-order chi connectivity index (χ0) is 18.4. The van der Waals surface area contributed by atoms with Gasteiger partial charge in [-0.1, -0.05) is 19.0 Å². The first-order valence-corrected chi connectivity index (χ1v) is 8.31. The normalized spacial score (nSPS) is 10.4. The van der Waals surface area contributed by atoms with E-state index in [1.807, 2.05) is 13.8 Å². The molecule has 1 heterocycles. The summed E-state index contributed by atoms with van der Waals surface area (Å²) in [7, 11) is 1.70. The average Bonchev–Trinajstić information content (AvgIpc) is 3.01. The second-order valence-corrected chi connectivity index (χ2v) is 5.67. The highest BCUT2D eigenvalue weighted by Crippen LogP contribution is 2.18. The van der Waals surface area contributed by atoms with Gasteiger partial charge in [-0.15, -0.1) is 0 Å². The molecule has 3 amide bonds. The van der Waals surface area contributed by atoms with Crippen molar-refractivity contribution in [3.05, 3.63) is 41.3 Å². The molecule has 0 bridgehead atoms. The lowest BCUT2D eigenvalue weighted by atomic mass is 10.1. The number of rotatable bonds is 6. The predicted octanol–water partition coefficient (Wildman–Crippen LogP) is 3.10. The van der Waals surface area contributed by atoms with Gasteiger partial charge in [-0.2, -0.15) is 0 Å². The van der Waals surface area contributed by atoms with Gasteiger partial charge in [0.15, 0.2) is 0 Å². The highest BCUT2D eigenvalue weighted by molar-refractivity contribution is 5.92. The minimum atomic E-state index is -0.307. The van der Waals surface area contributed by atoms with Crippen LogP contribution in [0.5, 0.6) is 0 Å². The van der Waals surface area contributed by atoms with Crippen molar-refractivity contribution in [2.45, 2.75) is 40.2 Å². The zero-order valence-electron chi connectivity index (χ0n) is 15.0. The van der Waals surface area contributed by atoms with Crippen LogP contribution in [0.15, 0.2) is 28.8 Å². The van der Waals surface area contributed by atoms with Crippen LogP contribution in [-0.4, -0.2) is 24.1 Å². The Labute approximate surface area is 147 Å². The molecule has 0 fully saturated rings. The van der Waals surface area contributed by atoms with Crippen molar-refractivity contribution in [1.82, 2.24) is 10.5 Å². The summed E-state index contributed by atoms with van der Waals surface area (Å²) in [6.45, 7) is 5.86. The molecule has 0 radical (unpaired) electrons. The Hall–Kier alpha value is -2.83. The van der Waals surface area contributed by atoms with E-state index < -0.39 is 0 Å². The van der Waals surface area contributed by atoms with Crippen molar-refractivity contribution in [2.75, 3.05) is 17.3 Å². The Balaban J connectivity index is 1.94. The van der Waals surface area contributed by atoms with Gasteiger partial charge >= 0.3 is 6.03 Å². The van der Waals surface area contributed by atoms with Crippen LogP contribution in [0.25, 0.3) is 0 Å². The molecular weight excluding hydrogens is 320 g/mol. The molecular formula is C18H24N4O3. The van der Waals surface area contributed by atoms with Crippen molar-refractivity contribution in [3.8, 4) is 0 Å². The molecule has 25 heavy (non-hydrogen) atoms. The molecule has 1 aromatic carbocycles. The number of nitrogens with one attached hydrogen (secondary N) is 2. The number of hydrogen-bond acceptors (Lipinski definition) is 4. The fourth-order valence-corrected chi connectivity index (χ4v) is 2.43. The van der Waals surface area contributed by atoms with Crippen molar-refractivity contribution in [3.63, 3.8) is 0 Å². The van der Waals surface area contributed by atoms with E-state index in [1.165, 1.54) is 11.8 Å². The second-order valence-electron chi connectivity index (χ2n) is 5.67. The third kappa shape index (κ3) is 4.59. The van der Waals surface area contributed by atoms with Crippen LogP contribution < -0.4 is 15.5 Å². The lowest BCUT2D eigenvalue weighted by molar-refractivity contribution is -0.116. The second kappa shape index (κ2) is 8.32. The van der Waals surface area contributed by atoms with Gasteiger partial charge in [0.1, 0.15) is 5.76 Å². The summed E-state index contributed by atoms with van der Waals surface area (Å²) in [6, 6.07) is 6.76. The molecule has 0 atom stereocenters. The third-order valence-electron chi connectivity index (χ3n) is 4.02. The molecule has 134 valence electrons. The average molecular weight is 344 g/mol. The van der Waals surface area contributed by atoms with Gasteiger partial charge in [-0.3, -0.25) is 4.79 Å². The largest absolute Gasteiger partial charge is 0.361 e. The topological polar surface area (TPSA) is 87.5 Å². The summed E-state index contributed by atoms with van der Waals surface area (Å²) in [5.41, 5.74) is 3.23. The number of aryl methyl sites for hydroxylation is 2. The quantitative estimate of drug-likeness (QED) is 0.843. The third-order valence-corrected chi connectivity index (χ3v) is 4.02. The van der Waals surface area contributed by atoms with Crippen molar-refractivity contribution < 1.29 is 14.1 Å². The molecule has 0 saturated heterocycles. The van der Waals surface area contributed by atoms with E-state index in [-0.39, 0.29) is 11.9 Å². The van der Waals surface area contributed by atoms with Crippen molar-refractivity contribution in [1.29, 1.82) is 0 Å². The number of hydrogen-bond donors (Lipinski definition) is 2. The molecule has 7 heteroatoms. The number of aromatic nitrogens is 1. The number of urea groups is 1. The van der Waals surface area contributed by atoms with Crippen LogP contribution in [0, 0.1) is 0 Å². The fraction of sp³-hybridized carbons (Fsp3) is 0.389. The van der Waals surface area contributed by atoms with Crippen LogP contribution in [0.1, 0.15) is 37.8 Å². The molecule has 2 aromatic rings. The minimum Gasteiger partial charge on any atom is -0.361 e. The number of nitrogens with zero attached hydrogens (tertiary/aromatic N) is 2. The number of benzene rings is 1. The molecule has 0 unspecified atom stereocenters. The molecule has 2 rings (SSSR count). The molecule has 2 N–H and O–H groups in total. The van der Waals surface area contributed by atoms with Gasteiger partial charge < -0.3 is 20.1 Å². The van der Waals surface area contributed by atoms with Crippen LogP contribution >= 0.6 is 0 Å². The van der Waals surface area contributed by atoms with Gasteiger partial charge in [0, 0.05) is 43.9 Å². The number of amides is 3. The van der Waals surface area contributed by atoms with Crippen LogP contribution in [0.3, 0.4) is 0 Å². The molecule has 0 saturated carbocycles. The van der Waals surface area contributed by atoms with Crippen LogP contribution in [0.4, 0.5) is 16.2 Å². The first-order valence-electron chi connectivity index (χ1n) is 8.31. The van der Waals surface area contributed by atoms with E-state index >= 15 is 0 Å². The highest BCUT2D eigenvalue weighted by Gasteiger charge is 2.14. The molecule has 0 aliphatic rings. The van der Waals surface area contributed by atoms with E-state index in [0.29, 0.717) is 12.2 Å². The van der Waals surface area contributed by atoms with Gasteiger partial charge in [0.05, 0.1) is 5.69 Å². The molecule has 0 aliphatic carbocycles. The summed E-state index contributed by atoms with van der Waals surface area (Å²) in [6.07, 6.45) is 1.49. The Morgan fingerprint density at radius 1 is 1.16 bits per heavy atom. The summed E-state index contributed by atoms with van der Waals surface area (Å²) < 4.78 is 5.29. The first kappa shape index (κ1) is 18.5. The Morgan fingerprint density at radius 2 is 1.84 bits per heavy atom. The van der Waals surface area contributed by atoms with Gasteiger partial charge in [-0.25, -0.2) is 4.79 Å². The highest BCUT2D eigenvalue weighted by atomic mass is 16.5. The van der Waals surface area contributed by atoms with Gasteiger partial charge in [0.25, 0.3) is 0 Å². The smallest absolute Gasteiger partial charge is 0.319 e. The zero-order valence-corrected chi connectivity index (χ0v) is 15.0. The van der Waals surface area contributed by atoms with Crippen LogP contribution in [0.2, 0.25) is 0 Å². The Kier molecular flexibility index (Phi) is 6.16. The summed E-state index contributed by atoms with van der Waals surface area (Å²) in [5, 5.41) is 9.62. The maximum atomic E-state index is 12.1. The standard InChI is InChI=1S/C18H24N4O3/c1-5-16-15(17(6-2)25-21-16)11-19-18(24)20-13-7-9-14(10-8-13)22(4)12(3)23/h7-10H,5-6,11H2,1-4H3,(H2,19,20,24). The SMILES string of the molecule is CCc1noc(CC)c1CNC(=O)Nc1ccc(N(C)C(C)=O)cc1. The monoisotopic (exact) mass is 344 g/mol. The number of carbonyl (C=O) groups excluding carboxylic acids is 2. The van der Waals surface area contributed by atoms with Crippen molar-refractivity contribution in [2.24, 2.45) is 0 Å². The summed E-state index contributed by atoms with van der Waals surface area (Å²) >= 11 is 0. The van der Waals surface area contributed by atoms with E-state index in [9.17, 15) is 9.59 Å². The lowest BCUT2D eigenvalue weighted by Gasteiger charge is -2.15. The van der Waals surface area contributed by atoms with E-state index in [1.54, 1.807) is 31.3 Å². The van der Waals surface area contributed by atoms with Crippen molar-refractivity contribution >= 4 is 23.3 Å². The Morgan fingerprint density at radius 3 is 2.40 bits per heavy atom. The van der Waals surface area contributed by atoms with E-state index in [2.05, 4.69) is 15.8 Å². The fourth-order valence-electron chi connectivity index (χ4n) is 2.43. The van der Waals surface area contributed by atoms with Crippen LogP contribution in [-0.2, 0) is 24.2 Å². The van der Waals surface area contributed by atoms with E-state index in [4.69, 9.17) is 4.52 Å². The minimum absolute atomic E-state index is 0.0503. The summed E-state index contributed by atoms with van der Waals surface area (Å²) in [5.74, 6) is 0.749. The lowest BCUT2D eigenvalue weighted by Crippen LogP contribution is -2.28. The van der Waals surface area contributed by atoms with E-state index in [0.717, 1.165) is 35.5 Å². The van der Waals surface area contributed by atoms with Gasteiger partial charge in [-0.05, 0) is 30.7 Å². The van der Waals surface area contributed by atoms with Gasteiger partial charge in [0.2, 0.25) is 5.91 Å². The molecule has 0 spiro atoms. The molecule has 7 nitrogen and oxygen atoms in total. The molecule has 1 aromatic heterocycles.